The Balaban J connectivity index is 2.32. The molecule has 1 aliphatic heterocycles. The first-order valence-electron chi connectivity index (χ1n) is 6.07. The number of thioether (sulfide) groups is 1. The van der Waals surface area contributed by atoms with Gasteiger partial charge in [0.1, 0.15) is 10.4 Å². The predicted molar refractivity (Wildman–Crippen MR) is 82.1 cm³/mol. The standard InChI is InChI=1S/C13H14N2O3S2/c1-3-9(12(17)18)15-11(16)10(20-13(15)19)7-8-5-4-6-14(8)2/h4-7,9H,3H2,1-2H3,(H,17,18)/b10-7+/t9-/m0/s1. The number of thiocarbonyl (C=S) groups is 1. The molecule has 0 unspecified atom stereocenters. The second kappa shape index (κ2) is 5.80. The number of carbonyl (C=O) groups excluding carboxylic acids is 1. The van der Waals surface area contributed by atoms with Crippen LogP contribution < -0.4 is 0 Å². The molecule has 5 nitrogen and oxygen atoms in total. The highest BCUT2D eigenvalue weighted by Gasteiger charge is 2.39. The molecule has 0 aliphatic carbocycles. The van der Waals surface area contributed by atoms with Gasteiger partial charge in [0, 0.05) is 18.9 Å². The number of nitrogens with zero attached hydrogens (tertiary/aromatic N) is 2. The van der Waals surface area contributed by atoms with Crippen LogP contribution in [-0.2, 0) is 16.6 Å². The Morgan fingerprint density at radius 1 is 1.60 bits per heavy atom. The van der Waals surface area contributed by atoms with Crippen molar-refractivity contribution in [2.24, 2.45) is 7.05 Å². The van der Waals surface area contributed by atoms with E-state index < -0.39 is 12.0 Å². The van der Waals surface area contributed by atoms with E-state index in [1.807, 2.05) is 29.9 Å². The van der Waals surface area contributed by atoms with Gasteiger partial charge in [-0.1, -0.05) is 30.9 Å². The summed E-state index contributed by atoms with van der Waals surface area (Å²) in [6.45, 7) is 1.72. The molecule has 1 aliphatic rings. The lowest BCUT2D eigenvalue weighted by Crippen LogP contribution is -2.43. The highest BCUT2D eigenvalue weighted by atomic mass is 32.2. The van der Waals surface area contributed by atoms with E-state index in [0.29, 0.717) is 15.6 Å². The fourth-order valence-electron chi connectivity index (χ4n) is 1.97. The zero-order chi connectivity index (χ0) is 14.9. The molecular formula is C13H14N2O3S2. The van der Waals surface area contributed by atoms with Crippen LogP contribution >= 0.6 is 24.0 Å². The number of carboxylic acids is 1. The second-order valence-corrected chi connectivity index (χ2v) is 6.03. The van der Waals surface area contributed by atoms with E-state index in [-0.39, 0.29) is 5.91 Å². The van der Waals surface area contributed by atoms with Gasteiger partial charge in [0.15, 0.2) is 0 Å². The van der Waals surface area contributed by atoms with E-state index in [2.05, 4.69) is 0 Å². The van der Waals surface area contributed by atoms with Crippen molar-refractivity contribution in [2.75, 3.05) is 0 Å². The summed E-state index contributed by atoms with van der Waals surface area (Å²) in [5.41, 5.74) is 0.869. The first-order valence-corrected chi connectivity index (χ1v) is 7.29. The first kappa shape index (κ1) is 14.8. The lowest BCUT2D eigenvalue weighted by atomic mass is 10.2. The van der Waals surface area contributed by atoms with Crippen molar-refractivity contribution in [2.45, 2.75) is 19.4 Å². The summed E-state index contributed by atoms with van der Waals surface area (Å²) in [4.78, 5) is 25.2. The summed E-state index contributed by atoms with van der Waals surface area (Å²) in [6.07, 6.45) is 3.92. The molecule has 20 heavy (non-hydrogen) atoms. The Morgan fingerprint density at radius 2 is 2.30 bits per heavy atom. The van der Waals surface area contributed by atoms with Gasteiger partial charge in [0.05, 0.1) is 4.91 Å². The Morgan fingerprint density at radius 3 is 2.80 bits per heavy atom. The van der Waals surface area contributed by atoms with Gasteiger partial charge in [-0.05, 0) is 24.6 Å². The van der Waals surface area contributed by atoms with Crippen molar-refractivity contribution in [3.05, 3.63) is 28.9 Å². The maximum atomic E-state index is 12.3. The van der Waals surface area contributed by atoms with Crippen molar-refractivity contribution in [1.82, 2.24) is 9.47 Å². The van der Waals surface area contributed by atoms with Crippen molar-refractivity contribution in [3.63, 3.8) is 0 Å². The van der Waals surface area contributed by atoms with Crippen LogP contribution in [-0.4, -0.2) is 36.8 Å². The third kappa shape index (κ3) is 2.64. The summed E-state index contributed by atoms with van der Waals surface area (Å²) in [5, 5.41) is 9.17. The molecule has 1 N–H and O–H groups in total. The summed E-state index contributed by atoms with van der Waals surface area (Å²) < 4.78 is 2.17. The molecule has 1 saturated heterocycles. The zero-order valence-electron chi connectivity index (χ0n) is 11.1. The number of hydrogen-bond donors (Lipinski definition) is 1. The van der Waals surface area contributed by atoms with Crippen molar-refractivity contribution in [1.29, 1.82) is 0 Å². The molecule has 0 saturated carbocycles. The van der Waals surface area contributed by atoms with E-state index in [0.717, 1.165) is 17.5 Å². The van der Waals surface area contributed by atoms with Gasteiger partial charge in [-0.15, -0.1) is 0 Å². The van der Waals surface area contributed by atoms with Crippen molar-refractivity contribution in [3.8, 4) is 0 Å². The van der Waals surface area contributed by atoms with Crippen LogP contribution in [0.15, 0.2) is 23.2 Å². The minimum Gasteiger partial charge on any atom is -0.480 e. The number of carbonyl (C=O) groups is 2. The van der Waals surface area contributed by atoms with Crippen LogP contribution in [0.3, 0.4) is 0 Å². The van der Waals surface area contributed by atoms with Gasteiger partial charge >= 0.3 is 5.97 Å². The van der Waals surface area contributed by atoms with E-state index >= 15 is 0 Å². The summed E-state index contributed by atoms with van der Waals surface area (Å²) in [6, 6.07) is 2.85. The van der Waals surface area contributed by atoms with Crippen LogP contribution in [0.25, 0.3) is 6.08 Å². The number of aromatic nitrogens is 1. The van der Waals surface area contributed by atoms with Gasteiger partial charge in [-0.25, -0.2) is 4.79 Å². The summed E-state index contributed by atoms with van der Waals surface area (Å²) in [7, 11) is 1.87. The van der Waals surface area contributed by atoms with Gasteiger partial charge in [-0.2, -0.15) is 0 Å². The van der Waals surface area contributed by atoms with E-state index in [4.69, 9.17) is 17.3 Å². The highest BCUT2D eigenvalue weighted by Crippen LogP contribution is 2.34. The molecule has 106 valence electrons. The molecular weight excluding hydrogens is 296 g/mol. The first-order chi connectivity index (χ1) is 9.45. The van der Waals surface area contributed by atoms with E-state index in [1.165, 1.54) is 4.90 Å². The average Bonchev–Trinajstić information content (AvgIpc) is 2.89. The Kier molecular flexibility index (Phi) is 4.29. The van der Waals surface area contributed by atoms with Crippen LogP contribution in [0, 0.1) is 0 Å². The number of rotatable bonds is 4. The van der Waals surface area contributed by atoms with Crippen LogP contribution in [0.4, 0.5) is 0 Å². The number of carboxylic acid groups (broad SMARTS) is 1. The molecule has 2 rings (SSSR count). The summed E-state index contributed by atoms with van der Waals surface area (Å²) >= 11 is 6.28. The molecule has 1 aromatic heterocycles. The Hall–Kier alpha value is -1.60. The fourth-order valence-corrected chi connectivity index (χ4v) is 3.32. The van der Waals surface area contributed by atoms with Crippen LogP contribution in [0.1, 0.15) is 19.0 Å². The van der Waals surface area contributed by atoms with Gasteiger partial charge in [-0.3, -0.25) is 9.69 Å². The lowest BCUT2D eigenvalue weighted by molar-refractivity contribution is -0.145. The van der Waals surface area contributed by atoms with E-state index in [1.54, 1.807) is 13.0 Å². The van der Waals surface area contributed by atoms with E-state index in [9.17, 15) is 9.59 Å². The maximum Gasteiger partial charge on any atom is 0.326 e. The third-order valence-electron chi connectivity index (χ3n) is 3.07. The largest absolute Gasteiger partial charge is 0.480 e. The normalized spacial score (nSPS) is 18.9. The van der Waals surface area contributed by atoms with Gasteiger partial charge in [0.25, 0.3) is 5.91 Å². The molecule has 0 radical (unpaired) electrons. The minimum absolute atomic E-state index is 0.296. The molecule has 2 heterocycles. The smallest absolute Gasteiger partial charge is 0.326 e. The maximum absolute atomic E-state index is 12.3. The monoisotopic (exact) mass is 310 g/mol. The zero-order valence-corrected chi connectivity index (χ0v) is 12.7. The molecule has 1 amide bonds. The highest BCUT2D eigenvalue weighted by molar-refractivity contribution is 8.26. The molecule has 7 heteroatoms. The minimum atomic E-state index is -1.04. The molecule has 0 aromatic carbocycles. The molecule has 0 bridgehead atoms. The molecule has 1 fully saturated rings. The topological polar surface area (TPSA) is 62.5 Å². The predicted octanol–water partition coefficient (Wildman–Crippen LogP) is 2.09. The van der Waals surface area contributed by atoms with Crippen molar-refractivity contribution < 1.29 is 14.7 Å². The second-order valence-electron chi connectivity index (χ2n) is 4.36. The lowest BCUT2D eigenvalue weighted by Gasteiger charge is -2.21. The number of aliphatic carboxylic acids is 1. The average molecular weight is 310 g/mol. The number of aryl methyl sites for hydroxylation is 1. The molecule has 1 aromatic rings. The summed E-state index contributed by atoms with van der Waals surface area (Å²) in [5.74, 6) is -1.38. The van der Waals surface area contributed by atoms with Gasteiger partial charge in [0.2, 0.25) is 0 Å². The quantitative estimate of drug-likeness (QED) is 0.681. The number of amides is 1. The van der Waals surface area contributed by atoms with Gasteiger partial charge < -0.3 is 9.67 Å². The molecule has 1 atom stereocenters. The van der Waals surface area contributed by atoms with Crippen molar-refractivity contribution >= 4 is 46.3 Å². The number of hydrogen-bond acceptors (Lipinski definition) is 4. The Bertz CT molecular complexity index is 607. The Labute approximate surface area is 126 Å². The molecule has 0 spiro atoms. The van der Waals surface area contributed by atoms with Crippen LogP contribution in [0.2, 0.25) is 0 Å². The SMILES string of the molecule is CC[C@@H](C(=O)O)N1C(=O)/C(=C\c2cccn2C)SC1=S. The fraction of sp³-hybridized carbons (Fsp3) is 0.308. The third-order valence-corrected chi connectivity index (χ3v) is 4.40. The van der Waals surface area contributed by atoms with Crippen LogP contribution in [0.5, 0.6) is 0 Å².